The summed E-state index contributed by atoms with van der Waals surface area (Å²) in [6.07, 6.45) is 3.61. The smallest absolute Gasteiger partial charge is 0.258 e. The molecule has 2 N–H and O–H groups in total. The molecule has 1 aromatic carbocycles. The Balaban J connectivity index is 1.67. The maximum Gasteiger partial charge on any atom is 0.258 e. The number of halogens is 1. The molecule has 0 radical (unpaired) electrons. The molecule has 1 saturated carbocycles. The molecule has 1 aliphatic carbocycles. The van der Waals surface area contributed by atoms with Gasteiger partial charge < -0.3 is 20.1 Å². The summed E-state index contributed by atoms with van der Waals surface area (Å²) in [6.45, 7) is 4.80. The second-order valence-electron chi connectivity index (χ2n) is 6.80. The molecule has 0 spiro atoms. The molecule has 0 saturated heterocycles. The fraction of sp³-hybridized carbons (Fsp3) is 0.600. The van der Waals surface area contributed by atoms with Crippen LogP contribution in [0.15, 0.2) is 24.3 Å². The number of hydrogen-bond donors (Lipinski definition) is 2. The van der Waals surface area contributed by atoms with Gasteiger partial charge in [-0.3, -0.25) is 9.59 Å². The van der Waals surface area contributed by atoms with Crippen molar-refractivity contribution in [2.24, 2.45) is 5.92 Å². The van der Waals surface area contributed by atoms with Gasteiger partial charge in [-0.2, -0.15) is 0 Å². The van der Waals surface area contributed by atoms with E-state index in [9.17, 15) is 9.59 Å². The van der Waals surface area contributed by atoms with Crippen molar-refractivity contribution in [2.45, 2.75) is 51.6 Å². The molecule has 150 valence electrons. The lowest BCUT2D eigenvalue weighted by Crippen LogP contribution is -2.62. The standard InChI is InChI=1S/C20H29ClN2O4/c1-3-5-10-26-12-19(24)22-17-11-18(16(17)4-2)23-20(25)13-27-15-8-6-14(21)7-9-15/h6-9,16-18H,3-5,10-13H2,1-2H3,(H,22,24)(H,23,25). The molecule has 0 heterocycles. The number of benzene rings is 1. The summed E-state index contributed by atoms with van der Waals surface area (Å²) < 4.78 is 10.8. The van der Waals surface area contributed by atoms with Crippen LogP contribution in [0, 0.1) is 5.92 Å². The van der Waals surface area contributed by atoms with Crippen molar-refractivity contribution in [1.82, 2.24) is 10.6 Å². The molecule has 0 aromatic heterocycles. The highest BCUT2D eigenvalue weighted by Crippen LogP contribution is 2.31. The summed E-state index contributed by atoms with van der Waals surface area (Å²) in [7, 11) is 0. The Bertz CT molecular complexity index is 609. The maximum atomic E-state index is 12.1. The van der Waals surface area contributed by atoms with E-state index in [1.807, 2.05) is 0 Å². The SMILES string of the molecule is CCCCOCC(=O)NC1CC(NC(=O)COc2ccc(Cl)cc2)C1CC. The average Bonchev–Trinajstić information content (AvgIpc) is 2.64. The van der Waals surface area contributed by atoms with Crippen molar-refractivity contribution < 1.29 is 19.1 Å². The van der Waals surface area contributed by atoms with Gasteiger partial charge in [0.25, 0.3) is 5.91 Å². The van der Waals surface area contributed by atoms with Crippen LogP contribution in [0.25, 0.3) is 0 Å². The molecular weight excluding hydrogens is 368 g/mol. The molecular formula is C20H29ClN2O4. The Kier molecular flexibility index (Phi) is 8.88. The van der Waals surface area contributed by atoms with E-state index in [4.69, 9.17) is 21.1 Å². The summed E-state index contributed by atoms with van der Waals surface area (Å²) in [6, 6.07) is 7.02. The van der Waals surface area contributed by atoms with Crippen LogP contribution in [0.5, 0.6) is 5.75 Å². The lowest BCUT2D eigenvalue weighted by Gasteiger charge is -2.45. The van der Waals surface area contributed by atoms with Crippen LogP contribution in [0.1, 0.15) is 39.5 Å². The van der Waals surface area contributed by atoms with E-state index < -0.39 is 0 Å². The van der Waals surface area contributed by atoms with E-state index in [2.05, 4.69) is 24.5 Å². The normalized spacial score (nSPS) is 21.2. The highest BCUT2D eigenvalue weighted by molar-refractivity contribution is 6.30. The third-order valence-electron chi connectivity index (χ3n) is 4.76. The summed E-state index contributed by atoms with van der Waals surface area (Å²) in [5, 5.41) is 6.61. The van der Waals surface area contributed by atoms with Crippen LogP contribution in [-0.4, -0.2) is 43.7 Å². The Labute approximate surface area is 165 Å². The van der Waals surface area contributed by atoms with E-state index in [0.717, 1.165) is 25.7 Å². The molecule has 2 amide bonds. The van der Waals surface area contributed by atoms with Crippen LogP contribution >= 0.6 is 11.6 Å². The van der Waals surface area contributed by atoms with Gasteiger partial charge in [0.1, 0.15) is 12.4 Å². The quantitative estimate of drug-likeness (QED) is 0.564. The van der Waals surface area contributed by atoms with Crippen LogP contribution < -0.4 is 15.4 Å². The van der Waals surface area contributed by atoms with Crippen LogP contribution in [0.4, 0.5) is 0 Å². The zero-order valence-corrected chi connectivity index (χ0v) is 16.8. The first-order chi connectivity index (χ1) is 13.0. The monoisotopic (exact) mass is 396 g/mol. The Morgan fingerprint density at radius 2 is 1.70 bits per heavy atom. The van der Waals surface area contributed by atoms with Gasteiger partial charge in [0, 0.05) is 23.7 Å². The van der Waals surface area contributed by atoms with E-state index in [1.54, 1.807) is 24.3 Å². The summed E-state index contributed by atoms with van der Waals surface area (Å²) in [5.41, 5.74) is 0. The summed E-state index contributed by atoms with van der Waals surface area (Å²) >= 11 is 5.82. The lowest BCUT2D eigenvalue weighted by atomic mass is 9.72. The first-order valence-corrected chi connectivity index (χ1v) is 9.96. The van der Waals surface area contributed by atoms with Gasteiger partial charge >= 0.3 is 0 Å². The van der Waals surface area contributed by atoms with Gasteiger partial charge in [0.2, 0.25) is 5.91 Å². The summed E-state index contributed by atoms with van der Waals surface area (Å²) in [5.74, 6) is 0.568. The van der Waals surface area contributed by atoms with Gasteiger partial charge in [0.05, 0.1) is 0 Å². The van der Waals surface area contributed by atoms with E-state index in [-0.39, 0.29) is 43.0 Å². The number of rotatable bonds is 11. The fourth-order valence-electron chi connectivity index (χ4n) is 3.20. The number of amides is 2. The van der Waals surface area contributed by atoms with Gasteiger partial charge in [0.15, 0.2) is 6.61 Å². The van der Waals surface area contributed by atoms with Gasteiger partial charge in [-0.05, 0) is 49.4 Å². The minimum atomic E-state index is -0.166. The second kappa shape index (κ2) is 11.1. The summed E-state index contributed by atoms with van der Waals surface area (Å²) in [4.78, 5) is 24.0. The maximum absolute atomic E-state index is 12.1. The average molecular weight is 397 g/mol. The first kappa shape index (κ1) is 21.5. The van der Waals surface area contributed by atoms with Gasteiger partial charge in [-0.15, -0.1) is 0 Å². The zero-order chi connectivity index (χ0) is 19.6. The van der Waals surface area contributed by atoms with E-state index in [1.165, 1.54) is 0 Å². The first-order valence-electron chi connectivity index (χ1n) is 9.58. The Morgan fingerprint density at radius 1 is 1.07 bits per heavy atom. The van der Waals surface area contributed by atoms with Crippen LogP contribution in [-0.2, 0) is 14.3 Å². The molecule has 2 rings (SSSR count). The van der Waals surface area contributed by atoms with Gasteiger partial charge in [-0.1, -0.05) is 31.9 Å². The Morgan fingerprint density at radius 3 is 2.30 bits per heavy atom. The van der Waals surface area contributed by atoms with Crippen LogP contribution in [0.3, 0.4) is 0 Å². The largest absolute Gasteiger partial charge is 0.484 e. The minimum absolute atomic E-state index is 0.0448. The Hall–Kier alpha value is -1.79. The van der Waals surface area contributed by atoms with Crippen molar-refractivity contribution in [3.05, 3.63) is 29.3 Å². The molecule has 0 bridgehead atoms. The number of hydrogen-bond acceptors (Lipinski definition) is 4. The number of nitrogens with one attached hydrogen (secondary N) is 2. The van der Waals surface area contributed by atoms with E-state index in [0.29, 0.717) is 17.4 Å². The highest BCUT2D eigenvalue weighted by atomic mass is 35.5. The number of unbranched alkanes of at least 4 members (excludes halogenated alkanes) is 1. The number of ether oxygens (including phenoxy) is 2. The van der Waals surface area contributed by atoms with Gasteiger partial charge in [-0.25, -0.2) is 0 Å². The highest BCUT2D eigenvalue weighted by Gasteiger charge is 2.41. The minimum Gasteiger partial charge on any atom is -0.484 e. The molecule has 6 nitrogen and oxygen atoms in total. The molecule has 0 aliphatic heterocycles. The molecule has 3 atom stereocenters. The zero-order valence-electron chi connectivity index (χ0n) is 16.0. The molecule has 1 aliphatic rings. The van der Waals surface area contributed by atoms with Crippen molar-refractivity contribution in [3.63, 3.8) is 0 Å². The van der Waals surface area contributed by atoms with Crippen molar-refractivity contribution >= 4 is 23.4 Å². The van der Waals surface area contributed by atoms with Crippen molar-refractivity contribution in [3.8, 4) is 5.75 Å². The molecule has 7 heteroatoms. The topological polar surface area (TPSA) is 76.7 Å². The van der Waals surface area contributed by atoms with E-state index >= 15 is 0 Å². The third kappa shape index (κ3) is 7.03. The molecule has 27 heavy (non-hydrogen) atoms. The predicted molar refractivity (Wildman–Crippen MR) is 105 cm³/mol. The predicted octanol–water partition coefficient (Wildman–Crippen LogP) is 2.94. The molecule has 1 fully saturated rings. The molecule has 1 aromatic rings. The number of carbonyl (C=O) groups excluding carboxylic acids is 2. The third-order valence-corrected chi connectivity index (χ3v) is 5.02. The molecule has 3 unspecified atom stereocenters. The number of carbonyl (C=O) groups is 2. The second-order valence-corrected chi connectivity index (χ2v) is 7.24. The fourth-order valence-corrected chi connectivity index (χ4v) is 3.32. The van der Waals surface area contributed by atoms with Crippen LogP contribution in [0.2, 0.25) is 5.02 Å². The van der Waals surface area contributed by atoms with Crippen molar-refractivity contribution in [1.29, 1.82) is 0 Å². The lowest BCUT2D eigenvalue weighted by molar-refractivity contribution is -0.128. The van der Waals surface area contributed by atoms with Crippen molar-refractivity contribution in [2.75, 3.05) is 19.8 Å².